The fourth-order valence-corrected chi connectivity index (χ4v) is 5.75. The molecule has 8 heteroatoms. The Morgan fingerprint density at radius 2 is 2.03 bits per heavy atom. The molecule has 1 aromatic rings. The molecular weight excluding hydrogens is 434 g/mol. The number of nitrogens with one attached hydrogen (secondary N) is 2. The predicted molar refractivity (Wildman–Crippen MR) is 139 cm³/mol. The number of nitrogens with zero attached hydrogens (tertiary/aromatic N) is 3. The van der Waals surface area contributed by atoms with E-state index in [0.717, 1.165) is 53.3 Å². The van der Waals surface area contributed by atoms with Crippen LogP contribution in [-0.2, 0) is 6.42 Å². The quantitative estimate of drug-likeness (QED) is 0.457. The second-order valence-electron chi connectivity index (χ2n) is 9.45. The standard InChI is InChI=1S/C25H37N5O2S/c1-4-19-15(2)21(25-27-10-9-26-8-5-11-33-25)24(30-23(19)28-13-17-6-7-17)29-20-12-18(14-31)22(32)16(20)3/h8-10,16-18,20,22,31-32H,4-7,11-14H2,1-3H3,(H2,28,29,30)/b10-9+,26-8?,27-25?. The molecule has 2 fully saturated rings. The van der Waals surface area contributed by atoms with Crippen LogP contribution < -0.4 is 10.6 Å². The summed E-state index contributed by atoms with van der Waals surface area (Å²) >= 11 is 1.73. The first-order valence-electron chi connectivity index (χ1n) is 12.2. The Hall–Kier alpha value is -1.90. The van der Waals surface area contributed by atoms with Gasteiger partial charge in [-0.25, -0.2) is 9.98 Å². The Morgan fingerprint density at radius 1 is 1.21 bits per heavy atom. The smallest absolute Gasteiger partial charge is 0.138 e. The molecule has 180 valence electrons. The number of hydrogen-bond donors (Lipinski definition) is 4. The molecule has 2 saturated carbocycles. The van der Waals surface area contributed by atoms with Gasteiger partial charge in [0.05, 0.1) is 11.7 Å². The zero-order valence-corrected chi connectivity index (χ0v) is 20.7. The summed E-state index contributed by atoms with van der Waals surface area (Å²) in [5.41, 5.74) is 3.46. The lowest BCUT2D eigenvalue weighted by Crippen LogP contribution is -2.29. The Morgan fingerprint density at radius 3 is 2.73 bits per heavy atom. The molecule has 4 N–H and O–H groups in total. The molecule has 4 unspecified atom stereocenters. The molecule has 4 rings (SSSR count). The first kappa shape index (κ1) is 24.2. The van der Waals surface area contributed by atoms with Crippen molar-refractivity contribution in [3.8, 4) is 0 Å². The maximum atomic E-state index is 10.6. The highest BCUT2D eigenvalue weighted by molar-refractivity contribution is 8.14. The molecule has 1 aliphatic heterocycles. The second-order valence-corrected chi connectivity index (χ2v) is 10.5. The van der Waals surface area contributed by atoms with Crippen LogP contribution in [-0.4, -0.2) is 57.5 Å². The predicted octanol–water partition coefficient (Wildman–Crippen LogP) is 3.99. The van der Waals surface area contributed by atoms with Crippen molar-refractivity contribution in [2.75, 3.05) is 29.5 Å². The largest absolute Gasteiger partial charge is 0.396 e. The van der Waals surface area contributed by atoms with Crippen molar-refractivity contribution in [1.29, 1.82) is 0 Å². The molecular formula is C25H37N5O2S. The molecule has 0 spiro atoms. The molecule has 0 saturated heterocycles. The Kier molecular flexibility index (Phi) is 8.09. The summed E-state index contributed by atoms with van der Waals surface area (Å²) in [5.74, 6) is 3.33. The first-order valence-corrected chi connectivity index (χ1v) is 13.2. The average Bonchev–Trinajstić information content (AvgIpc) is 3.58. The molecule has 0 aromatic carbocycles. The zero-order chi connectivity index (χ0) is 23.4. The fourth-order valence-electron chi connectivity index (χ4n) is 4.80. The van der Waals surface area contributed by atoms with Crippen LogP contribution in [0.25, 0.3) is 0 Å². The van der Waals surface area contributed by atoms with Crippen LogP contribution in [0.1, 0.15) is 56.2 Å². The number of rotatable bonds is 8. The summed E-state index contributed by atoms with van der Waals surface area (Å²) < 4.78 is 0. The van der Waals surface area contributed by atoms with Crippen LogP contribution in [0.2, 0.25) is 0 Å². The maximum absolute atomic E-state index is 10.6. The molecule has 2 heterocycles. The van der Waals surface area contributed by atoms with E-state index in [0.29, 0.717) is 6.42 Å². The number of thioether (sulfide) groups is 1. The van der Waals surface area contributed by atoms with E-state index >= 15 is 0 Å². The van der Waals surface area contributed by atoms with E-state index < -0.39 is 6.10 Å². The van der Waals surface area contributed by atoms with Gasteiger partial charge in [-0.3, -0.25) is 4.99 Å². The zero-order valence-electron chi connectivity index (χ0n) is 19.9. The second kappa shape index (κ2) is 11.0. The van der Waals surface area contributed by atoms with E-state index in [1.165, 1.54) is 24.0 Å². The van der Waals surface area contributed by atoms with Gasteiger partial charge in [0.1, 0.15) is 16.7 Å². The van der Waals surface area contributed by atoms with Gasteiger partial charge in [0.15, 0.2) is 0 Å². The number of aliphatic imine (C=N–C) groups is 2. The molecule has 0 radical (unpaired) electrons. The van der Waals surface area contributed by atoms with Crippen molar-refractivity contribution in [3.63, 3.8) is 0 Å². The average molecular weight is 472 g/mol. The van der Waals surface area contributed by atoms with Crippen LogP contribution in [0, 0.1) is 24.7 Å². The van der Waals surface area contributed by atoms with E-state index in [2.05, 4.69) is 29.5 Å². The molecule has 33 heavy (non-hydrogen) atoms. The van der Waals surface area contributed by atoms with Crippen molar-refractivity contribution in [3.05, 3.63) is 29.1 Å². The van der Waals surface area contributed by atoms with Crippen LogP contribution in [0.4, 0.5) is 11.6 Å². The van der Waals surface area contributed by atoms with Gasteiger partial charge in [0, 0.05) is 55.4 Å². The van der Waals surface area contributed by atoms with E-state index in [9.17, 15) is 10.2 Å². The highest BCUT2D eigenvalue weighted by atomic mass is 32.2. The number of aromatic nitrogens is 1. The molecule has 0 bridgehead atoms. The van der Waals surface area contributed by atoms with Gasteiger partial charge < -0.3 is 20.8 Å². The summed E-state index contributed by atoms with van der Waals surface area (Å²) in [7, 11) is 0. The summed E-state index contributed by atoms with van der Waals surface area (Å²) in [6, 6.07) is 0.0346. The summed E-state index contributed by atoms with van der Waals surface area (Å²) in [4.78, 5) is 14.1. The van der Waals surface area contributed by atoms with Crippen molar-refractivity contribution in [2.24, 2.45) is 27.7 Å². The van der Waals surface area contributed by atoms with E-state index in [-0.39, 0.29) is 24.5 Å². The molecule has 0 amide bonds. The minimum atomic E-state index is -0.517. The van der Waals surface area contributed by atoms with Gasteiger partial charge in [-0.15, -0.1) is 11.8 Å². The topological polar surface area (TPSA) is 102 Å². The monoisotopic (exact) mass is 471 g/mol. The van der Waals surface area contributed by atoms with Crippen LogP contribution in [0.15, 0.2) is 22.4 Å². The van der Waals surface area contributed by atoms with Gasteiger partial charge in [0.2, 0.25) is 0 Å². The minimum absolute atomic E-state index is 0.000673. The third kappa shape index (κ3) is 5.61. The SMILES string of the molecule is CCc1c(NCC2CC2)nc(NC2CC(CO)C(O)C2C)c(C2=N/C=C/N=CCCS2)c1C. The van der Waals surface area contributed by atoms with Gasteiger partial charge in [-0.1, -0.05) is 13.8 Å². The summed E-state index contributed by atoms with van der Waals surface area (Å²) in [6.07, 6.45) is 9.96. The number of aliphatic hydroxyl groups is 2. The number of anilines is 2. The number of pyridine rings is 1. The van der Waals surface area contributed by atoms with Gasteiger partial charge in [0.25, 0.3) is 0 Å². The number of aliphatic hydroxyl groups excluding tert-OH is 2. The third-order valence-electron chi connectivity index (χ3n) is 7.10. The van der Waals surface area contributed by atoms with Crippen molar-refractivity contribution in [2.45, 2.75) is 65.0 Å². The molecule has 2 aliphatic carbocycles. The van der Waals surface area contributed by atoms with E-state index in [1.807, 2.05) is 13.1 Å². The molecule has 7 nitrogen and oxygen atoms in total. The van der Waals surface area contributed by atoms with Crippen molar-refractivity contribution >= 4 is 34.7 Å². The van der Waals surface area contributed by atoms with Crippen LogP contribution >= 0.6 is 11.8 Å². The maximum Gasteiger partial charge on any atom is 0.138 e. The van der Waals surface area contributed by atoms with Gasteiger partial charge >= 0.3 is 0 Å². The summed E-state index contributed by atoms with van der Waals surface area (Å²) in [5, 5.41) is 28.5. The highest BCUT2D eigenvalue weighted by Crippen LogP contribution is 2.37. The van der Waals surface area contributed by atoms with E-state index in [4.69, 9.17) is 9.98 Å². The van der Waals surface area contributed by atoms with Crippen LogP contribution in [0.3, 0.4) is 0 Å². The normalized spacial score (nSPS) is 28.6. The van der Waals surface area contributed by atoms with E-state index in [1.54, 1.807) is 24.2 Å². The van der Waals surface area contributed by atoms with Crippen molar-refractivity contribution in [1.82, 2.24) is 4.98 Å². The summed E-state index contributed by atoms with van der Waals surface area (Å²) in [6.45, 7) is 7.35. The molecule has 4 atom stereocenters. The van der Waals surface area contributed by atoms with Crippen molar-refractivity contribution < 1.29 is 10.2 Å². The Bertz CT molecular complexity index is 928. The lowest BCUT2D eigenvalue weighted by Gasteiger charge is -2.25. The molecule has 3 aliphatic rings. The number of hydrogen-bond acceptors (Lipinski definition) is 8. The van der Waals surface area contributed by atoms with Crippen LogP contribution in [0.5, 0.6) is 0 Å². The molecule has 1 aromatic heterocycles. The Labute approximate surface area is 201 Å². The highest BCUT2D eigenvalue weighted by Gasteiger charge is 2.40. The van der Waals surface area contributed by atoms with Gasteiger partial charge in [-0.2, -0.15) is 0 Å². The minimum Gasteiger partial charge on any atom is -0.396 e. The fraction of sp³-hybridized carbons (Fsp3) is 0.640. The Balaban J connectivity index is 1.74. The lowest BCUT2D eigenvalue weighted by molar-refractivity contribution is 0.0655. The first-order chi connectivity index (χ1) is 16.0. The van der Waals surface area contributed by atoms with Gasteiger partial charge in [-0.05, 0) is 56.1 Å². The third-order valence-corrected chi connectivity index (χ3v) is 8.12. The lowest BCUT2D eigenvalue weighted by atomic mass is 10.00.